The van der Waals surface area contributed by atoms with Crippen LogP contribution in [0.2, 0.25) is 0 Å². The maximum Gasteiger partial charge on any atom is 0.103 e. The molecule has 0 fully saturated rings. The van der Waals surface area contributed by atoms with E-state index in [4.69, 9.17) is 0 Å². The quantitative estimate of drug-likeness (QED) is 0.655. The molecule has 4 heteroatoms. The average molecular weight is 197 g/mol. The van der Waals surface area contributed by atoms with Crippen LogP contribution in [0.25, 0.3) is 0 Å². The van der Waals surface area contributed by atoms with Crippen LogP contribution < -0.4 is 5.32 Å². The molecular weight excluding hydrogens is 178 g/mol. The number of imidazole rings is 1. The van der Waals surface area contributed by atoms with Crippen LogP contribution in [-0.2, 0) is 6.54 Å². The van der Waals surface area contributed by atoms with Crippen LogP contribution in [0.3, 0.4) is 0 Å². The minimum atomic E-state index is -0.279. The van der Waals surface area contributed by atoms with Gasteiger partial charge in [0.2, 0.25) is 0 Å². The lowest BCUT2D eigenvalue weighted by Crippen LogP contribution is -2.30. The van der Waals surface area contributed by atoms with E-state index in [9.17, 15) is 5.11 Å². The second-order valence-corrected chi connectivity index (χ2v) is 3.94. The standard InChI is InChI=1S/C10H19N3O/c1-7(2)10(14)6-11-4-9-5-12-8(3)13-9/h5,7,10-11,14H,4,6H2,1-3H3,(H,12,13). The second-order valence-electron chi connectivity index (χ2n) is 3.94. The molecule has 4 nitrogen and oxygen atoms in total. The summed E-state index contributed by atoms with van der Waals surface area (Å²) >= 11 is 0. The zero-order valence-corrected chi connectivity index (χ0v) is 9.04. The lowest BCUT2D eigenvalue weighted by molar-refractivity contribution is 0.123. The third-order valence-electron chi connectivity index (χ3n) is 2.19. The summed E-state index contributed by atoms with van der Waals surface area (Å²) in [5, 5.41) is 12.7. The molecule has 0 saturated carbocycles. The van der Waals surface area contributed by atoms with Crippen LogP contribution in [0.1, 0.15) is 25.4 Å². The van der Waals surface area contributed by atoms with Crippen molar-refractivity contribution in [3.63, 3.8) is 0 Å². The molecule has 0 bridgehead atoms. The summed E-state index contributed by atoms with van der Waals surface area (Å²) < 4.78 is 0. The predicted octanol–water partition coefficient (Wildman–Crippen LogP) is 0.825. The van der Waals surface area contributed by atoms with Crippen molar-refractivity contribution < 1.29 is 5.11 Å². The number of aromatic amines is 1. The van der Waals surface area contributed by atoms with Gasteiger partial charge >= 0.3 is 0 Å². The maximum atomic E-state index is 9.52. The van der Waals surface area contributed by atoms with E-state index in [1.165, 1.54) is 0 Å². The number of aromatic nitrogens is 2. The van der Waals surface area contributed by atoms with Gasteiger partial charge in [0.25, 0.3) is 0 Å². The first kappa shape index (κ1) is 11.2. The van der Waals surface area contributed by atoms with E-state index in [-0.39, 0.29) is 6.10 Å². The van der Waals surface area contributed by atoms with E-state index in [1.54, 1.807) is 0 Å². The Kier molecular flexibility index (Phi) is 4.10. The van der Waals surface area contributed by atoms with Gasteiger partial charge in [0, 0.05) is 25.0 Å². The number of nitrogens with one attached hydrogen (secondary N) is 2. The normalized spacial score (nSPS) is 13.5. The Morgan fingerprint density at radius 3 is 2.79 bits per heavy atom. The number of hydrogen-bond donors (Lipinski definition) is 3. The summed E-state index contributed by atoms with van der Waals surface area (Å²) in [4.78, 5) is 7.22. The van der Waals surface area contributed by atoms with Crippen LogP contribution in [0, 0.1) is 12.8 Å². The molecule has 0 aliphatic rings. The molecule has 0 aliphatic heterocycles. The Morgan fingerprint density at radius 1 is 1.57 bits per heavy atom. The molecule has 1 aromatic rings. The molecule has 0 amide bonds. The zero-order chi connectivity index (χ0) is 10.6. The van der Waals surface area contributed by atoms with Crippen molar-refractivity contribution >= 4 is 0 Å². The summed E-state index contributed by atoms with van der Waals surface area (Å²) in [7, 11) is 0. The van der Waals surface area contributed by atoms with Gasteiger partial charge in [-0.3, -0.25) is 0 Å². The highest BCUT2D eigenvalue weighted by Gasteiger charge is 2.07. The number of rotatable bonds is 5. The summed E-state index contributed by atoms with van der Waals surface area (Å²) in [5.74, 6) is 1.22. The Balaban J connectivity index is 2.22. The minimum Gasteiger partial charge on any atom is -0.392 e. The zero-order valence-electron chi connectivity index (χ0n) is 9.04. The molecule has 14 heavy (non-hydrogen) atoms. The van der Waals surface area contributed by atoms with Crippen molar-refractivity contribution in [1.29, 1.82) is 0 Å². The van der Waals surface area contributed by atoms with Gasteiger partial charge < -0.3 is 15.4 Å². The molecular formula is C10H19N3O. The van der Waals surface area contributed by atoms with Crippen LogP contribution in [0.4, 0.5) is 0 Å². The molecule has 0 aromatic carbocycles. The van der Waals surface area contributed by atoms with E-state index in [0.717, 1.165) is 18.1 Å². The van der Waals surface area contributed by atoms with Crippen LogP contribution in [-0.4, -0.2) is 27.7 Å². The highest BCUT2D eigenvalue weighted by molar-refractivity contribution is 4.99. The first-order chi connectivity index (χ1) is 6.59. The Bertz CT molecular complexity index is 270. The third-order valence-corrected chi connectivity index (χ3v) is 2.19. The van der Waals surface area contributed by atoms with Gasteiger partial charge in [0.15, 0.2) is 0 Å². The topological polar surface area (TPSA) is 60.9 Å². The first-order valence-corrected chi connectivity index (χ1v) is 4.99. The van der Waals surface area contributed by atoms with Gasteiger partial charge in [-0.25, -0.2) is 4.98 Å². The number of H-pyrrole nitrogens is 1. The summed E-state index contributed by atoms with van der Waals surface area (Å²) in [6.45, 7) is 7.28. The minimum absolute atomic E-state index is 0.279. The van der Waals surface area contributed by atoms with E-state index >= 15 is 0 Å². The summed E-state index contributed by atoms with van der Waals surface area (Å²) in [6.07, 6.45) is 1.53. The fraction of sp³-hybridized carbons (Fsp3) is 0.700. The van der Waals surface area contributed by atoms with E-state index in [2.05, 4.69) is 15.3 Å². The molecule has 1 heterocycles. The lowest BCUT2D eigenvalue weighted by Gasteiger charge is -2.14. The molecule has 1 aromatic heterocycles. The van der Waals surface area contributed by atoms with Gasteiger partial charge in [0.1, 0.15) is 5.82 Å². The fourth-order valence-electron chi connectivity index (χ4n) is 1.15. The van der Waals surface area contributed by atoms with Crippen LogP contribution in [0.15, 0.2) is 6.20 Å². The molecule has 3 N–H and O–H groups in total. The monoisotopic (exact) mass is 197 g/mol. The molecule has 1 unspecified atom stereocenters. The fourth-order valence-corrected chi connectivity index (χ4v) is 1.15. The summed E-state index contributed by atoms with van der Waals surface area (Å²) in [5.41, 5.74) is 1.05. The first-order valence-electron chi connectivity index (χ1n) is 4.99. The highest BCUT2D eigenvalue weighted by atomic mass is 16.3. The smallest absolute Gasteiger partial charge is 0.103 e. The molecule has 0 aliphatic carbocycles. The largest absolute Gasteiger partial charge is 0.392 e. The molecule has 1 atom stereocenters. The third kappa shape index (κ3) is 3.47. The number of aliphatic hydroxyl groups is 1. The summed E-state index contributed by atoms with van der Waals surface area (Å²) in [6, 6.07) is 0. The van der Waals surface area contributed by atoms with Gasteiger partial charge in [-0.1, -0.05) is 13.8 Å². The van der Waals surface area contributed by atoms with E-state index < -0.39 is 0 Å². The number of aryl methyl sites for hydroxylation is 1. The maximum absolute atomic E-state index is 9.52. The van der Waals surface area contributed by atoms with Crippen LogP contribution >= 0.6 is 0 Å². The van der Waals surface area contributed by atoms with Crippen molar-refractivity contribution in [3.05, 3.63) is 17.7 Å². The van der Waals surface area contributed by atoms with Crippen molar-refractivity contribution in [3.8, 4) is 0 Å². The molecule has 0 saturated heterocycles. The Morgan fingerprint density at radius 2 is 2.29 bits per heavy atom. The van der Waals surface area contributed by atoms with Crippen molar-refractivity contribution in [2.45, 2.75) is 33.4 Å². The van der Waals surface area contributed by atoms with Gasteiger partial charge in [0.05, 0.1) is 6.10 Å². The van der Waals surface area contributed by atoms with Gasteiger partial charge in [-0.15, -0.1) is 0 Å². The molecule has 0 spiro atoms. The van der Waals surface area contributed by atoms with Crippen molar-refractivity contribution in [2.75, 3.05) is 6.54 Å². The van der Waals surface area contributed by atoms with E-state index in [0.29, 0.717) is 12.5 Å². The number of aliphatic hydroxyl groups excluding tert-OH is 1. The van der Waals surface area contributed by atoms with Crippen LogP contribution in [0.5, 0.6) is 0 Å². The highest BCUT2D eigenvalue weighted by Crippen LogP contribution is 2.00. The molecule has 1 rings (SSSR count). The van der Waals surface area contributed by atoms with Gasteiger partial charge in [-0.2, -0.15) is 0 Å². The predicted molar refractivity (Wildman–Crippen MR) is 55.9 cm³/mol. The SMILES string of the molecule is Cc1ncc(CNCC(O)C(C)C)[nH]1. The average Bonchev–Trinajstić information content (AvgIpc) is 2.51. The Hall–Kier alpha value is -0.870. The van der Waals surface area contributed by atoms with Gasteiger partial charge in [-0.05, 0) is 12.8 Å². The van der Waals surface area contributed by atoms with Crippen molar-refractivity contribution in [2.24, 2.45) is 5.92 Å². The number of nitrogens with zero attached hydrogens (tertiary/aromatic N) is 1. The Labute approximate surface area is 84.8 Å². The molecule has 80 valence electrons. The van der Waals surface area contributed by atoms with E-state index in [1.807, 2.05) is 27.0 Å². The number of hydrogen-bond acceptors (Lipinski definition) is 3. The van der Waals surface area contributed by atoms with Crippen molar-refractivity contribution in [1.82, 2.24) is 15.3 Å². The molecule has 0 radical (unpaired) electrons. The lowest BCUT2D eigenvalue weighted by atomic mass is 10.1. The second kappa shape index (κ2) is 5.12.